The van der Waals surface area contributed by atoms with Crippen molar-refractivity contribution in [3.8, 4) is 23.7 Å². The maximum atomic E-state index is 6.03. The first-order valence-corrected chi connectivity index (χ1v) is 15.9. The molecule has 0 aliphatic rings. The quantitative estimate of drug-likeness (QED) is 0.321. The molecule has 2 nitrogen and oxygen atoms in total. The van der Waals surface area contributed by atoms with Crippen LogP contribution in [-0.2, 0) is 8.85 Å². The first-order chi connectivity index (χ1) is 11.2. The van der Waals surface area contributed by atoms with Gasteiger partial charge in [0.15, 0.2) is 16.6 Å². The van der Waals surface area contributed by atoms with Crippen LogP contribution in [0.5, 0.6) is 0 Å². The lowest BCUT2D eigenvalue weighted by atomic mass is 10.2. The summed E-state index contributed by atoms with van der Waals surface area (Å²) < 4.78 is 12.1. The minimum absolute atomic E-state index is 0.242. The molecular weight excluding hydrogens is 360 g/mol. The molecule has 25 heavy (non-hydrogen) atoms. The summed E-state index contributed by atoms with van der Waals surface area (Å²) in [4.78, 5) is 0. The van der Waals surface area contributed by atoms with E-state index in [9.17, 15) is 0 Å². The highest BCUT2D eigenvalue weighted by Crippen LogP contribution is 2.37. The van der Waals surface area contributed by atoms with Crippen LogP contribution < -0.4 is 0 Å². The van der Waals surface area contributed by atoms with Gasteiger partial charge in [0.1, 0.15) is 0 Å². The molecule has 0 fully saturated rings. The SMILES string of the molecule is CC(C)(C)[Si](C)(C)OCC#CCSCC#CCO[Si](C)(C)C(C)(C)C. The molecule has 0 radical (unpaired) electrons. The Kier molecular flexibility index (Phi) is 10.2. The van der Waals surface area contributed by atoms with E-state index in [1.54, 1.807) is 11.8 Å². The number of thioether (sulfide) groups is 1. The molecule has 0 aliphatic heterocycles. The summed E-state index contributed by atoms with van der Waals surface area (Å²) >= 11 is 1.74. The van der Waals surface area contributed by atoms with Crippen LogP contribution in [0.3, 0.4) is 0 Å². The topological polar surface area (TPSA) is 18.5 Å². The summed E-state index contributed by atoms with van der Waals surface area (Å²) in [5.74, 6) is 14.2. The van der Waals surface area contributed by atoms with Crippen LogP contribution >= 0.6 is 11.8 Å². The average molecular weight is 399 g/mol. The Balaban J connectivity index is 3.94. The summed E-state index contributed by atoms with van der Waals surface area (Å²) in [6.07, 6.45) is 0. The molecule has 0 saturated carbocycles. The van der Waals surface area contributed by atoms with Gasteiger partial charge < -0.3 is 8.85 Å². The second-order valence-electron chi connectivity index (χ2n) is 9.30. The van der Waals surface area contributed by atoms with Crippen molar-refractivity contribution in [1.29, 1.82) is 0 Å². The summed E-state index contributed by atoms with van der Waals surface area (Å²) in [6, 6.07) is 0. The molecular formula is C20H38O2SSi2. The minimum atomic E-state index is -1.67. The Morgan fingerprint density at radius 3 is 1.24 bits per heavy atom. The Hall–Kier alpha value is -0.176. The third-order valence-corrected chi connectivity index (χ3v) is 14.9. The van der Waals surface area contributed by atoms with Gasteiger partial charge in [0.2, 0.25) is 0 Å². The molecule has 0 heterocycles. The maximum absolute atomic E-state index is 6.03. The molecule has 0 rings (SSSR count). The lowest BCUT2D eigenvalue weighted by molar-refractivity contribution is 0.334. The first-order valence-electron chi connectivity index (χ1n) is 8.98. The van der Waals surface area contributed by atoms with E-state index in [-0.39, 0.29) is 10.1 Å². The van der Waals surface area contributed by atoms with Gasteiger partial charge in [-0.3, -0.25) is 0 Å². The van der Waals surface area contributed by atoms with Gasteiger partial charge in [-0.1, -0.05) is 65.2 Å². The highest BCUT2D eigenvalue weighted by atomic mass is 32.2. The van der Waals surface area contributed by atoms with Crippen molar-refractivity contribution in [1.82, 2.24) is 0 Å². The predicted molar refractivity (Wildman–Crippen MR) is 119 cm³/mol. The Morgan fingerprint density at radius 2 is 0.960 bits per heavy atom. The van der Waals surface area contributed by atoms with E-state index >= 15 is 0 Å². The van der Waals surface area contributed by atoms with Crippen molar-refractivity contribution in [2.45, 2.75) is 77.8 Å². The molecule has 0 aromatic rings. The zero-order chi connectivity index (χ0) is 19.8. The zero-order valence-corrected chi connectivity index (χ0v) is 20.9. The van der Waals surface area contributed by atoms with E-state index in [1.165, 1.54) is 0 Å². The number of hydrogen-bond donors (Lipinski definition) is 0. The largest absolute Gasteiger partial charge is 0.406 e. The fourth-order valence-electron chi connectivity index (χ4n) is 1.22. The summed E-state index contributed by atoms with van der Waals surface area (Å²) in [6.45, 7) is 23.6. The molecule has 0 spiro atoms. The van der Waals surface area contributed by atoms with Crippen LogP contribution in [0.25, 0.3) is 0 Å². The predicted octanol–water partition coefficient (Wildman–Crippen LogP) is 5.77. The Bertz CT molecular complexity index is 472. The fraction of sp³-hybridized carbons (Fsp3) is 0.800. The van der Waals surface area contributed by atoms with Crippen LogP contribution in [0.4, 0.5) is 0 Å². The smallest absolute Gasteiger partial charge is 0.193 e. The van der Waals surface area contributed by atoms with Crippen molar-refractivity contribution in [3.05, 3.63) is 0 Å². The fourth-order valence-corrected chi connectivity index (χ4v) is 3.47. The molecule has 0 aromatic heterocycles. The third-order valence-electron chi connectivity index (χ3n) is 5.22. The van der Waals surface area contributed by atoms with Gasteiger partial charge in [0, 0.05) is 0 Å². The molecule has 0 N–H and O–H groups in total. The summed E-state index contributed by atoms with van der Waals surface area (Å²) in [5, 5.41) is 0.483. The first kappa shape index (κ1) is 24.8. The second-order valence-corrected chi connectivity index (χ2v) is 19.9. The van der Waals surface area contributed by atoms with Crippen molar-refractivity contribution in [2.75, 3.05) is 24.7 Å². The van der Waals surface area contributed by atoms with Gasteiger partial charge in [0.05, 0.1) is 24.7 Å². The third kappa shape index (κ3) is 9.92. The van der Waals surface area contributed by atoms with Crippen molar-refractivity contribution in [3.63, 3.8) is 0 Å². The molecule has 0 aliphatic carbocycles. The second kappa shape index (κ2) is 10.2. The van der Waals surface area contributed by atoms with Gasteiger partial charge in [0.25, 0.3) is 0 Å². The molecule has 0 amide bonds. The normalized spacial score (nSPS) is 12.9. The molecule has 0 saturated heterocycles. The highest BCUT2D eigenvalue weighted by Gasteiger charge is 2.37. The summed E-state index contributed by atoms with van der Waals surface area (Å²) in [5.41, 5.74) is 0. The molecule has 5 heteroatoms. The Morgan fingerprint density at radius 1 is 0.640 bits per heavy atom. The minimum Gasteiger partial charge on any atom is -0.406 e. The van der Waals surface area contributed by atoms with Crippen LogP contribution in [0.1, 0.15) is 41.5 Å². The number of rotatable bonds is 6. The lowest BCUT2D eigenvalue weighted by Crippen LogP contribution is -2.40. The Labute approximate surface area is 163 Å². The monoisotopic (exact) mass is 398 g/mol. The van der Waals surface area contributed by atoms with Crippen LogP contribution in [-0.4, -0.2) is 41.4 Å². The van der Waals surface area contributed by atoms with E-state index in [1.807, 2.05) is 0 Å². The van der Waals surface area contributed by atoms with Crippen molar-refractivity contribution >= 4 is 28.4 Å². The van der Waals surface area contributed by atoms with Gasteiger partial charge in [-0.2, -0.15) is 0 Å². The van der Waals surface area contributed by atoms with Gasteiger partial charge in [-0.15, -0.1) is 11.8 Å². The van der Waals surface area contributed by atoms with E-state index in [0.29, 0.717) is 13.2 Å². The molecule has 0 atom stereocenters. The molecule has 0 aromatic carbocycles. The zero-order valence-electron chi connectivity index (χ0n) is 18.1. The van der Waals surface area contributed by atoms with Crippen LogP contribution in [0, 0.1) is 23.7 Å². The van der Waals surface area contributed by atoms with E-state index in [0.717, 1.165) is 11.5 Å². The summed E-state index contributed by atoms with van der Waals surface area (Å²) in [7, 11) is -3.33. The molecule has 144 valence electrons. The van der Waals surface area contributed by atoms with E-state index in [4.69, 9.17) is 8.85 Å². The number of hydrogen-bond acceptors (Lipinski definition) is 3. The van der Waals surface area contributed by atoms with Crippen LogP contribution in [0.2, 0.25) is 36.3 Å². The highest BCUT2D eigenvalue weighted by molar-refractivity contribution is 7.99. The van der Waals surface area contributed by atoms with Crippen LogP contribution in [0.15, 0.2) is 0 Å². The van der Waals surface area contributed by atoms with E-state index < -0.39 is 16.6 Å². The average Bonchev–Trinajstić information content (AvgIpc) is 2.42. The lowest BCUT2D eigenvalue weighted by Gasteiger charge is -2.35. The van der Waals surface area contributed by atoms with Gasteiger partial charge in [-0.05, 0) is 36.3 Å². The van der Waals surface area contributed by atoms with Crippen molar-refractivity contribution < 1.29 is 8.85 Å². The van der Waals surface area contributed by atoms with Gasteiger partial charge in [-0.25, -0.2) is 0 Å². The standard InChI is InChI=1S/C20H38O2SSi2/c1-19(2,3)24(7,8)21-15-11-13-17-23-18-14-12-16-22-25(9,10)20(4,5)6/h15-18H2,1-10H3. The molecule has 0 bridgehead atoms. The molecule has 0 unspecified atom stereocenters. The maximum Gasteiger partial charge on any atom is 0.193 e. The van der Waals surface area contributed by atoms with E-state index in [2.05, 4.69) is 91.4 Å². The van der Waals surface area contributed by atoms with Crippen molar-refractivity contribution in [2.24, 2.45) is 0 Å². The van der Waals surface area contributed by atoms with Gasteiger partial charge >= 0.3 is 0 Å².